The van der Waals surface area contributed by atoms with Crippen LogP contribution in [-0.4, -0.2) is 24.1 Å². The van der Waals surface area contributed by atoms with Crippen LogP contribution in [0.2, 0.25) is 0 Å². The van der Waals surface area contributed by atoms with E-state index in [1.165, 1.54) is 12.3 Å². The van der Waals surface area contributed by atoms with Crippen LogP contribution in [0.1, 0.15) is 5.56 Å². The molecule has 0 amide bonds. The third-order valence-electron chi connectivity index (χ3n) is 2.39. The lowest BCUT2D eigenvalue weighted by Gasteiger charge is -2.09. The molecule has 0 aliphatic heterocycles. The lowest BCUT2D eigenvalue weighted by Crippen LogP contribution is -2.23. The van der Waals surface area contributed by atoms with Crippen LogP contribution in [0.3, 0.4) is 0 Å². The molecule has 0 radical (unpaired) electrons. The number of H-pyrrole nitrogens is 1. The van der Waals surface area contributed by atoms with Crippen molar-refractivity contribution in [2.75, 3.05) is 0 Å². The number of sulfone groups is 1. The number of aromatic amines is 1. The molecule has 0 unspecified atom stereocenters. The van der Waals surface area contributed by atoms with Crippen molar-refractivity contribution in [3.63, 3.8) is 0 Å². The molecule has 1 heterocycles. The van der Waals surface area contributed by atoms with Crippen molar-refractivity contribution >= 4 is 20.7 Å². The molecule has 1 N–H and O–H groups in total. The van der Waals surface area contributed by atoms with Crippen LogP contribution in [0.25, 0.3) is 10.9 Å². The molecule has 4 nitrogen and oxygen atoms in total. The average molecular weight is 264 g/mol. The molecule has 0 fully saturated rings. The number of alkyl halides is 3. The first kappa shape index (κ1) is 11.9. The predicted molar refractivity (Wildman–Crippen MR) is 54.1 cm³/mol. The molecule has 0 spiro atoms. The highest BCUT2D eigenvalue weighted by molar-refractivity contribution is 7.92. The fraction of sp³-hybridized carbons (Fsp3) is 0.222. The van der Waals surface area contributed by atoms with Gasteiger partial charge in [-0.25, -0.2) is 8.42 Å². The summed E-state index contributed by atoms with van der Waals surface area (Å²) in [5.74, 6) is 0. The lowest BCUT2D eigenvalue weighted by molar-refractivity contribution is -0.0435. The van der Waals surface area contributed by atoms with E-state index in [9.17, 15) is 21.6 Å². The first-order valence-corrected chi connectivity index (χ1v) is 5.97. The molecule has 0 bridgehead atoms. The molecule has 2 aromatic rings. The molecular formula is C9H7F3N2O2S. The Kier molecular flexibility index (Phi) is 2.42. The SMILES string of the molecule is Cc1ccc(S(=O)(=O)C(F)(F)F)c2[nH]ncc12. The van der Waals surface area contributed by atoms with E-state index in [2.05, 4.69) is 10.2 Å². The highest BCUT2D eigenvalue weighted by Crippen LogP contribution is 2.34. The molecule has 1 aromatic carbocycles. The van der Waals surface area contributed by atoms with Gasteiger partial charge >= 0.3 is 5.51 Å². The van der Waals surface area contributed by atoms with Crippen LogP contribution in [-0.2, 0) is 9.84 Å². The van der Waals surface area contributed by atoms with Crippen LogP contribution < -0.4 is 0 Å². The fourth-order valence-corrected chi connectivity index (χ4v) is 2.42. The van der Waals surface area contributed by atoms with E-state index in [4.69, 9.17) is 0 Å². The van der Waals surface area contributed by atoms with E-state index in [0.29, 0.717) is 10.9 Å². The Hall–Kier alpha value is -1.57. The number of benzene rings is 1. The maximum Gasteiger partial charge on any atom is 0.501 e. The molecule has 8 heteroatoms. The summed E-state index contributed by atoms with van der Waals surface area (Å²) in [4.78, 5) is -0.803. The fourth-order valence-electron chi connectivity index (χ4n) is 1.50. The average Bonchev–Trinajstić information content (AvgIpc) is 2.65. The van der Waals surface area contributed by atoms with Gasteiger partial charge in [-0.1, -0.05) is 6.07 Å². The van der Waals surface area contributed by atoms with Crippen LogP contribution in [0, 0.1) is 6.92 Å². The minimum absolute atomic E-state index is 0.123. The Morgan fingerprint density at radius 2 is 1.94 bits per heavy atom. The quantitative estimate of drug-likeness (QED) is 0.858. The smallest absolute Gasteiger partial charge is 0.276 e. The van der Waals surface area contributed by atoms with Gasteiger partial charge in [0.1, 0.15) is 4.90 Å². The summed E-state index contributed by atoms with van der Waals surface area (Å²) in [6.45, 7) is 1.65. The first-order chi connectivity index (χ1) is 7.75. The van der Waals surface area contributed by atoms with Crippen molar-refractivity contribution in [1.82, 2.24) is 10.2 Å². The van der Waals surface area contributed by atoms with Crippen molar-refractivity contribution < 1.29 is 21.6 Å². The maximum absolute atomic E-state index is 12.4. The number of rotatable bonds is 1. The van der Waals surface area contributed by atoms with Crippen LogP contribution in [0.15, 0.2) is 23.2 Å². The molecule has 1 aromatic heterocycles. The van der Waals surface area contributed by atoms with Crippen LogP contribution in [0.4, 0.5) is 13.2 Å². The zero-order chi connectivity index (χ0) is 12.8. The van der Waals surface area contributed by atoms with Gasteiger partial charge < -0.3 is 0 Å². The molecule has 0 saturated heterocycles. The summed E-state index contributed by atoms with van der Waals surface area (Å²) in [6, 6.07) is 2.25. The third kappa shape index (κ3) is 1.68. The number of aryl methyl sites for hydroxylation is 1. The summed E-state index contributed by atoms with van der Waals surface area (Å²) < 4.78 is 59.9. The second kappa shape index (κ2) is 3.46. The Bertz CT molecular complexity index is 673. The van der Waals surface area contributed by atoms with Crippen LogP contribution >= 0.6 is 0 Å². The zero-order valence-electron chi connectivity index (χ0n) is 8.54. The Balaban J connectivity index is 2.82. The van der Waals surface area contributed by atoms with E-state index in [1.807, 2.05) is 0 Å². The normalized spacial score (nSPS) is 13.2. The second-order valence-corrected chi connectivity index (χ2v) is 5.40. The highest BCUT2D eigenvalue weighted by Gasteiger charge is 2.47. The summed E-state index contributed by atoms with van der Waals surface area (Å²) >= 11 is 0. The van der Waals surface area contributed by atoms with E-state index in [0.717, 1.165) is 6.07 Å². The maximum atomic E-state index is 12.4. The predicted octanol–water partition coefficient (Wildman–Crippen LogP) is 2.16. The number of hydrogen-bond acceptors (Lipinski definition) is 3. The first-order valence-electron chi connectivity index (χ1n) is 4.49. The molecule has 0 aliphatic carbocycles. The number of nitrogens with zero attached hydrogens (tertiary/aromatic N) is 1. The lowest BCUT2D eigenvalue weighted by atomic mass is 10.1. The number of fused-ring (bicyclic) bond motifs is 1. The van der Waals surface area contributed by atoms with Gasteiger partial charge in [-0.05, 0) is 18.6 Å². The molecule has 17 heavy (non-hydrogen) atoms. The number of aromatic nitrogens is 2. The summed E-state index contributed by atoms with van der Waals surface area (Å²) in [5.41, 5.74) is -4.79. The van der Waals surface area contributed by atoms with Gasteiger partial charge in [0.2, 0.25) is 0 Å². The third-order valence-corrected chi connectivity index (χ3v) is 3.92. The molecule has 0 saturated carbocycles. The largest absolute Gasteiger partial charge is 0.501 e. The van der Waals surface area contributed by atoms with Crippen LogP contribution in [0.5, 0.6) is 0 Å². The molecular weight excluding hydrogens is 257 g/mol. The van der Waals surface area contributed by atoms with Crippen molar-refractivity contribution in [2.45, 2.75) is 17.3 Å². The van der Waals surface area contributed by atoms with E-state index in [1.54, 1.807) is 6.92 Å². The van der Waals surface area contributed by atoms with Gasteiger partial charge in [0, 0.05) is 5.39 Å². The highest BCUT2D eigenvalue weighted by atomic mass is 32.2. The van der Waals surface area contributed by atoms with Gasteiger partial charge in [0.05, 0.1) is 11.7 Å². The number of nitrogens with one attached hydrogen (secondary N) is 1. The van der Waals surface area contributed by atoms with Crippen molar-refractivity contribution in [2.24, 2.45) is 0 Å². The Labute approximate surface area is 94.4 Å². The number of halogens is 3. The molecule has 0 atom stereocenters. The zero-order valence-corrected chi connectivity index (χ0v) is 9.35. The van der Waals surface area contributed by atoms with Crippen molar-refractivity contribution in [1.29, 1.82) is 0 Å². The van der Waals surface area contributed by atoms with E-state index >= 15 is 0 Å². The monoisotopic (exact) mass is 264 g/mol. The van der Waals surface area contributed by atoms with Gasteiger partial charge in [0.15, 0.2) is 0 Å². The topological polar surface area (TPSA) is 62.8 Å². The Morgan fingerprint density at radius 3 is 2.53 bits per heavy atom. The standard InChI is InChI=1S/C9H7F3N2O2S/c1-5-2-3-7(8-6(5)4-13-14-8)17(15,16)9(10,11)12/h2-4H,1H3,(H,13,14). The number of hydrogen-bond donors (Lipinski definition) is 1. The molecule has 92 valence electrons. The summed E-state index contributed by atoms with van der Waals surface area (Å²) in [5, 5.41) is 6.20. The van der Waals surface area contributed by atoms with Gasteiger partial charge in [0.25, 0.3) is 9.84 Å². The second-order valence-electron chi connectivity index (χ2n) is 3.49. The minimum atomic E-state index is -5.36. The van der Waals surface area contributed by atoms with Gasteiger partial charge in [-0.2, -0.15) is 18.3 Å². The summed E-state index contributed by atoms with van der Waals surface area (Å²) in [6.07, 6.45) is 1.29. The molecule has 0 aliphatic rings. The van der Waals surface area contributed by atoms with Crippen molar-refractivity contribution in [3.8, 4) is 0 Å². The van der Waals surface area contributed by atoms with Crippen molar-refractivity contribution in [3.05, 3.63) is 23.9 Å². The molecule has 2 rings (SSSR count). The minimum Gasteiger partial charge on any atom is -0.276 e. The summed E-state index contributed by atoms with van der Waals surface area (Å²) in [7, 11) is -5.36. The van der Waals surface area contributed by atoms with Gasteiger partial charge in [-0.3, -0.25) is 5.10 Å². The Morgan fingerprint density at radius 1 is 1.29 bits per heavy atom. The van der Waals surface area contributed by atoms with E-state index < -0.39 is 20.2 Å². The van der Waals surface area contributed by atoms with Gasteiger partial charge in [-0.15, -0.1) is 0 Å². The van der Waals surface area contributed by atoms with E-state index in [-0.39, 0.29) is 5.52 Å².